The molecule has 0 fully saturated rings. The lowest BCUT2D eigenvalue weighted by molar-refractivity contribution is 0.217. The molecule has 0 amide bonds. The number of ether oxygens (including phenoxy) is 2. The van der Waals surface area contributed by atoms with Crippen LogP contribution in [0.4, 0.5) is 11.4 Å². The normalized spacial score (nSPS) is 9.43. The lowest BCUT2D eigenvalue weighted by Crippen LogP contribution is -2.08. The van der Waals surface area contributed by atoms with Crippen molar-refractivity contribution in [2.75, 3.05) is 13.2 Å². The van der Waals surface area contributed by atoms with Crippen LogP contribution in [0.15, 0.2) is 52.4 Å². The van der Waals surface area contributed by atoms with Crippen LogP contribution in [0.2, 0.25) is 0 Å². The lowest BCUT2D eigenvalue weighted by Gasteiger charge is -2.09. The maximum Gasteiger partial charge on any atom is 0.240 e. The molecule has 6 heteroatoms. The van der Waals surface area contributed by atoms with Crippen LogP contribution < -0.4 is 9.47 Å². The van der Waals surface area contributed by atoms with E-state index in [4.69, 9.17) is 9.47 Å². The number of hydrogen-bond donors (Lipinski definition) is 0. The maximum atomic E-state index is 10.3. The quantitative estimate of drug-likeness (QED) is 0.446. The third-order valence-electron chi connectivity index (χ3n) is 2.97. The van der Waals surface area contributed by atoms with Gasteiger partial charge in [-0.3, -0.25) is 0 Å². The van der Waals surface area contributed by atoms with Gasteiger partial charge < -0.3 is 9.47 Å². The average Bonchev–Trinajstić information content (AvgIpc) is 2.56. The fourth-order valence-electron chi connectivity index (χ4n) is 1.88. The molecule has 0 aliphatic rings. The van der Waals surface area contributed by atoms with Crippen LogP contribution in [0.1, 0.15) is 5.56 Å². The van der Waals surface area contributed by atoms with E-state index >= 15 is 0 Å². The SMILES string of the molecule is Cc1cc(OCCOc2ccc(N=C=O)cc2)ccc1N=C=O. The number of rotatable bonds is 7. The van der Waals surface area contributed by atoms with E-state index in [1.807, 2.05) is 6.92 Å². The molecular formula is C17H14N2O4. The summed E-state index contributed by atoms with van der Waals surface area (Å²) in [7, 11) is 0. The number of aryl methyl sites for hydroxylation is 1. The summed E-state index contributed by atoms with van der Waals surface area (Å²) in [6, 6.07) is 12.0. The smallest absolute Gasteiger partial charge is 0.240 e. The Morgan fingerprint density at radius 1 is 0.870 bits per heavy atom. The Kier molecular flexibility index (Phi) is 5.83. The second-order valence-electron chi connectivity index (χ2n) is 4.55. The predicted molar refractivity (Wildman–Crippen MR) is 84.2 cm³/mol. The van der Waals surface area contributed by atoms with Crippen molar-refractivity contribution in [2.45, 2.75) is 6.92 Å². The third-order valence-corrected chi connectivity index (χ3v) is 2.97. The Balaban J connectivity index is 1.82. The number of isocyanates is 2. The van der Waals surface area contributed by atoms with Crippen molar-refractivity contribution in [3.05, 3.63) is 48.0 Å². The molecule has 0 aromatic heterocycles. The van der Waals surface area contributed by atoms with Crippen LogP contribution in [-0.4, -0.2) is 25.4 Å². The molecule has 0 spiro atoms. The minimum Gasteiger partial charge on any atom is -0.490 e. The topological polar surface area (TPSA) is 77.3 Å². The molecule has 23 heavy (non-hydrogen) atoms. The van der Waals surface area contributed by atoms with Gasteiger partial charge in [-0.15, -0.1) is 0 Å². The summed E-state index contributed by atoms with van der Waals surface area (Å²) < 4.78 is 11.1. The Morgan fingerprint density at radius 3 is 2.09 bits per heavy atom. The molecule has 0 bridgehead atoms. The van der Waals surface area contributed by atoms with E-state index in [2.05, 4.69) is 9.98 Å². The molecule has 0 N–H and O–H groups in total. The van der Waals surface area contributed by atoms with E-state index in [1.54, 1.807) is 42.5 Å². The molecule has 0 saturated carbocycles. The monoisotopic (exact) mass is 310 g/mol. The van der Waals surface area contributed by atoms with Crippen LogP contribution in [0.25, 0.3) is 0 Å². The molecule has 2 aromatic rings. The van der Waals surface area contributed by atoms with Crippen molar-refractivity contribution in [2.24, 2.45) is 9.98 Å². The molecule has 0 aliphatic carbocycles. The fraction of sp³-hybridized carbons (Fsp3) is 0.176. The van der Waals surface area contributed by atoms with Gasteiger partial charge in [0.05, 0.1) is 11.4 Å². The second kappa shape index (κ2) is 8.29. The van der Waals surface area contributed by atoms with E-state index < -0.39 is 0 Å². The summed E-state index contributed by atoms with van der Waals surface area (Å²) in [5.41, 5.74) is 1.93. The minimum atomic E-state index is 0.365. The molecule has 0 unspecified atom stereocenters. The summed E-state index contributed by atoms with van der Waals surface area (Å²) >= 11 is 0. The Labute approximate surface area is 133 Å². The van der Waals surface area contributed by atoms with Crippen molar-refractivity contribution in [3.8, 4) is 11.5 Å². The van der Waals surface area contributed by atoms with E-state index in [0.29, 0.717) is 36.1 Å². The summed E-state index contributed by atoms with van der Waals surface area (Å²) in [5.74, 6) is 1.33. The van der Waals surface area contributed by atoms with Crippen LogP contribution in [0.3, 0.4) is 0 Å². The van der Waals surface area contributed by atoms with Gasteiger partial charge in [-0.1, -0.05) is 0 Å². The highest BCUT2D eigenvalue weighted by Crippen LogP contribution is 2.23. The zero-order valence-electron chi connectivity index (χ0n) is 12.5. The van der Waals surface area contributed by atoms with Gasteiger partial charge >= 0.3 is 0 Å². The van der Waals surface area contributed by atoms with E-state index in [0.717, 1.165) is 5.56 Å². The van der Waals surface area contributed by atoms with Crippen molar-refractivity contribution < 1.29 is 19.1 Å². The van der Waals surface area contributed by atoms with E-state index in [-0.39, 0.29) is 0 Å². The maximum absolute atomic E-state index is 10.3. The van der Waals surface area contributed by atoms with Gasteiger partial charge in [0.1, 0.15) is 24.7 Å². The highest BCUT2D eigenvalue weighted by Gasteiger charge is 2.00. The standard InChI is InChI=1S/C17H14N2O4/c1-13-10-16(6-7-17(13)19-12-21)23-9-8-22-15-4-2-14(3-5-15)18-11-20/h2-7,10H,8-9H2,1H3. The molecule has 0 aliphatic heterocycles. The average molecular weight is 310 g/mol. The molecular weight excluding hydrogens is 296 g/mol. The van der Waals surface area contributed by atoms with E-state index in [9.17, 15) is 9.59 Å². The van der Waals surface area contributed by atoms with Gasteiger partial charge in [0.25, 0.3) is 0 Å². The molecule has 0 saturated heterocycles. The molecule has 0 heterocycles. The van der Waals surface area contributed by atoms with Gasteiger partial charge in [-0.2, -0.15) is 9.98 Å². The zero-order valence-corrected chi connectivity index (χ0v) is 12.5. The van der Waals surface area contributed by atoms with Crippen molar-refractivity contribution in [3.63, 3.8) is 0 Å². The molecule has 0 atom stereocenters. The number of nitrogens with zero attached hydrogens (tertiary/aromatic N) is 2. The summed E-state index contributed by atoms with van der Waals surface area (Å²) in [6.45, 7) is 2.57. The van der Waals surface area contributed by atoms with Crippen LogP contribution in [0.5, 0.6) is 11.5 Å². The Morgan fingerprint density at radius 2 is 1.48 bits per heavy atom. The number of hydrogen-bond acceptors (Lipinski definition) is 6. The first-order valence-electron chi connectivity index (χ1n) is 6.85. The first-order valence-corrected chi connectivity index (χ1v) is 6.85. The van der Waals surface area contributed by atoms with Crippen LogP contribution in [0, 0.1) is 6.92 Å². The highest BCUT2D eigenvalue weighted by atomic mass is 16.5. The first kappa shape index (κ1) is 16.2. The fourth-order valence-corrected chi connectivity index (χ4v) is 1.88. The summed E-state index contributed by atoms with van der Waals surface area (Å²) in [4.78, 5) is 27.5. The lowest BCUT2D eigenvalue weighted by atomic mass is 10.2. The van der Waals surface area contributed by atoms with Crippen molar-refractivity contribution >= 4 is 23.5 Å². The highest BCUT2D eigenvalue weighted by molar-refractivity contribution is 5.55. The molecule has 2 rings (SSSR count). The molecule has 2 aromatic carbocycles. The predicted octanol–water partition coefficient (Wildman–Crippen LogP) is 3.39. The molecule has 116 valence electrons. The Hall–Kier alpha value is -3.20. The number of benzene rings is 2. The van der Waals surface area contributed by atoms with Gasteiger partial charge in [0.2, 0.25) is 12.2 Å². The van der Waals surface area contributed by atoms with Crippen LogP contribution >= 0.6 is 0 Å². The number of aliphatic imine (C=N–C) groups is 2. The first-order chi connectivity index (χ1) is 11.2. The van der Waals surface area contributed by atoms with Gasteiger partial charge in [0, 0.05) is 0 Å². The summed E-state index contributed by atoms with van der Waals surface area (Å²) in [6.07, 6.45) is 2.99. The number of carbonyl (C=O) groups excluding carboxylic acids is 2. The van der Waals surface area contributed by atoms with Crippen molar-refractivity contribution in [1.29, 1.82) is 0 Å². The second-order valence-corrected chi connectivity index (χ2v) is 4.55. The molecule has 0 radical (unpaired) electrons. The molecule has 6 nitrogen and oxygen atoms in total. The summed E-state index contributed by atoms with van der Waals surface area (Å²) in [5, 5.41) is 0. The third kappa shape index (κ3) is 4.93. The van der Waals surface area contributed by atoms with Gasteiger partial charge in [-0.05, 0) is 55.0 Å². The minimum absolute atomic E-state index is 0.365. The van der Waals surface area contributed by atoms with Gasteiger partial charge in [-0.25, -0.2) is 9.59 Å². The van der Waals surface area contributed by atoms with Crippen molar-refractivity contribution in [1.82, 2.24) is 0 Å². The zero-order chi connectivity index (χ0) is 16.5. The van der Waals surface area contributed by atoms with E-state index in [1.165, 1.54) is 12.2 Å². The van der Waals surface area contributed by atoms with Crippen LogP contribution in [-0.2, 0) is 9.59 Å². The largest absolute Gasteiger partial charge is 0.490 e. The Bertz CT molecular complexity index is 759. The van der Waals surface area contributed by atoms with Gasteiger partial charge in [0.15, 0.2) is 0 Å².